The second-order valence-corrected chi connectivity index (χ2v) is 6.69. The molecule has 1 aliphatic heterocycles. The van der Waals surface area contributed by atoms with Crippen molar-refractivity contribution in [2.24, 2.45) is 0 Å². The Hall–Kier alpha value is -2.59. The predicted octanol–water partition coefficient (Wildman–Crippen LogP) is 4.31. The first-order valence-corrected chi connectivity index (χ1v) is 9.03. The standard InChI is InChI=1S/C22H23FN2O/c1-26-22-11-10-17(18-6-2-3-7-19(18)22)16-24-12-14-25(15-13-24)21-9-5-4-8-20(21)23/h2-11H,12-16H2,1H3. The van der Waals surface area contributed by atoms with Crippen molar-refractivity contribution in [1.82, 2.24) is 4.90 Å². The van der Waals surface area contributed by atoms with Crippen LogP contribution in [0.4, 0.5) is 10.1 Å². The summed E-state index contributed by atoms with van der Waals surface area (Å²) in [5.74, 6) is 0.774. The molecule has 134 valence electrons. The van der Waals surface area contributed by atoms with Gasteiger partial charge in [0.2, 0.25) is 0 Å². The average Bonchev–Trinajstić information content (AvgIpc) is 2.69. The van der Waals surface area contributed by atoms with Gasteiger partial charge in [-0.15, -0.1) is 0 Å². The molecule has 1 fully saturated rings. The zero-order valence-corrected chi connectivity index (χ0v) is 15.0. The molecule has 3 aromatic rings. The molecule has 3 nitrogen and oxygen atoms in total. The van der Waals surface area contributed by atoms with Crippen molar-refractivity contribution in [3.63, 3.8) is 0 Å². The van der Waals surface area contributed by atoms with E-state index >= 15 is 0 Å². The highest BCUT2D eigenvalue weighted by Gasteiger charge is 2.20. The average molecular weight is 350 g/mol. The van der Waals surface area contributed by atoms with Gasteiger partial charge in [0.05, 0.1) is 12.8 Å². The van der Waals surface area contributed by atoms with E-state index in [-0.39, 0.29) is 5.82 Å². The Morgan fingerprint density at radius 3 is 2.27 bits per heavy atom. The van der Waals surface area contributed by atoms with Gasteiger partial charge in [-0.2, -0.15) is 0 Å². The van der Waals surface area contributed by atoms with Gasteiger partial charge in [0.25, 0.3) is 0 Å². The molecule has 0 N–H and O–H groups in total. The number of fused-ring (bicyclic) bond motifs is 1. The Morgan fingerprint density at radius 2 is 1.54 bits per heavy atom. The SMILES string of the molecule is COc1ccc(CN2CCN(c3ccccc3F)CC2)c2ccccc12. The number of piperazine rings is 1. The second kappa shape index (κ2) is 7.34. The van der Waals surface area contributed by atoms with Crippen molar-refractivity contribution in [2.75, 3.05) is 38.2 Å². The Morgan fingerprint density at radius 1 is 0.846 bits per heavy atom. The summed E-state index contributed by atoms with van der Waals surface area (Å²) in [5, 5.41) is 2.39. The third-order valence-electron chi connectivity index (χ3n) is 5.15. The van der Waals surface area contributed by atoms with Crippen LogP contribution in [0.2, 0.25) is 0 Å². The highest BCUT2D eigenvalue weighted by atomic mass is 19.1. The normalized spacial score (nSPS) is 15.4. The number of benzene rings is 3. The minimum Gasteiger partial charge on any atom is -0.496 e. The first kappa shape index (κ1) is 16.9. The fourth-order valence-electron chi connectivity index (χ4n) is 3.75. The van der Waals surface area contributed by atoms with Crippen molar-refractivity contribution in [1.29, 1.82) is 0 Å². The molecule has 0 saturated carbocycles. The number of para-hydroxylation sites is 1. The molecule has 0 aromatic heterocycles. The maximum absolute atomic E-state index is 14.0. The molecule has 0 unspecified atom stereocenters. The molecular formula is C22H23FN2O. The topological polar surface area (TPSA) is 15.7 Å². The maximum Gasteiger partial charge on any atom is 0.146 e. The fourth-order valence-corrected chi connectivity index (χ4v) is 3.75. The minimum absolute atomic E-state index is 0.137. The van der Waals surface area contributed by atoms with Crippen LogP contribution in [0, 0.1) is 5.82 Å². The summed E-state index contributed by atoms with van der Waals surface area (Å²) in [6, 6.07) is 19.6. The number of halogens is 1. The van der Waals surface area contributed by atoms with Gasteiger partial charge in [-0.1, -0.05) is 42.5 Å². The van der Waals surface area contributed by atoms with Gasteiger partial charge in [-0.05, 0) is 29.1 Å². The molecule has 3 aromatic carbocycles. The highest BCUT2D eigenvalue weighted by molar-refractivity contribution is 5.91. The number of anilines is 1. The van der Waals surface area contributed by atoms with Crippen molar-refractivity contribution in [3.05, 3.63) is 72.0 Å². The quantitative estimate of drug-likeness (QED) is 0.697. The van der Waals surface area contributed by atoms with Crippen LogP contribution in [0.1, 0.15) is 5.56 Å². The van der Waals surface area contributed by atoms with Crippen LogP contribution < -0.4 is 9.64 Å². The summed E-state index contributed by atoms with van der Waals surface area (Å²) < 4.78 is 19.5. The molecule has 1 aliphatic rings. The zero-order chi connectivity index (χ0) is 17.9. The molecule has 1 heterocycles. The van der Waals surface area contributed by atoms with Gasteiger partial charge in [-0.25, -0.2) is 4.39 Å². The van der Waals surface area contributed by atoms with Gasteiger partial charge >= 0.3 is 0 Å². The van der Waals surface area contributed by atoms with Crippen LogP contribution in [-0.2, 0) is 6.54 Å². The van der Waals surface area contributed by atoms with E-state index in [1.165, 1.54) is 17.0 Å². The largest absolute Gasteiger partial charge is 0.496 e. The molecule has 0 spiro atoms. The lowest BCUT2D eigenvalue weighted by atomic mass is 10.0. The summed E-state index contributed by atoms with van der Waals surface area (Å²) >= 11 is 0. The van der Waals surface area contributed by atoms with Crippen LogP contribution in [0.5, 0.6) is 5.75 Å². The number of nitrogens with zero attached hydrogens (tertiary/aromatic N) is 2. The molecule has 26 heavy (non-hydrogen) atoms. The monoisotopic (exact) mass is 350 g/mol. The second-order valence-electron chi connectivity index (χ2n) is 6.69. The summed E-state index contributed by atoms with van der Waals surface area (Å²) in [6.07, 6.45) is 0. The maximum atomic E-state index is 14.0. The Balaban J connectivity index is 1.48. The van der Waals surface area contributed by atoms with Gasteiger partial charge in [-0.3, -0.25) is 4.90 Å². The summed E-state index contributed by atoms with van der Waals surface area (Å²) in [7, 11) is 1.71. The lowest BCUT2D eigenvalue weighted by molar-refractivity contribution is 0.250. The lowest BCUT2D eigenvalue weighted by Gasteiger charge is -2.36. The molecule has 4 heteroatoms. The fraction of sp³-hybridized carbons (Fsp3) is 0.273. The molecular weight excluding hydrogens is 327 g/mol. The zero-order valence-electron chi connectivity index (χ0n) is 15.0. The van der Waals surface area contributed by atoms with E-state index in [1.54, 1.807) is 13.2 Å². The van der Waals surface area contributed by atoms with Crippen LogP contribution in [0.25, 0.3) is 10.8 Å². The lowest BCUT2D eigenvalue weighted by Crippen LogP contribution is -2.46. The Labute approximate surface area is 153 Å². The first-order valence-electron chi connectivity index (χ1n) is 9.03. The molecule has 0 atom stereocenters. The van der Waals surface area contributed by atoms with Crippen molar-refractivity contribution in [2.45, 2.75) is 6.54 Å². The third-order valence-corrected chi connectivity index (χ3v) is 5.15. The van der Waals surface area contributed by atoms with Gasteiger partial charge in [0, 0.05) is 38.1 Å². The molecule has 0 bridgehead atoms. The predicted molar refractivity (Wildman–Crippen MR) is 104 cm³/mol. The van der Waals surface area contributed by atoms with Crippen LogP contribution in [0.3, 0.4) is 0 Å². The Bertz CT molecular complexity index is 904. The number of hydrogen-bond acceptors (Lipinski definition) is 3. The number of methoxy groups -OCH3 is 1. The molecule has 1 saturated heterocycles. The Kier molecular flexibility index (Phi) is 4.76. The highest BCUT2D eigenvalue weighted by Crippen LogP contribution is 2.29. The number of rotatable bonds is 4. The summed E-state index contributed by atoms with van der Waals surface area (Å²) in [5.41, 5.74) is 2.02. The van der Waals surface area contributed by atoms with Crippen LogP contribution in [-0.4, -0.2) is 38.2 Å². The van der Waals surface area contributed by atoms with Crippen molar-refractivity contribution < 1.29 is 9.13 Å². The molecule has 0 radical (unpaired) electrons. The van der Waals surface area contributed by atoms with E-state index < -0.39 is 0 Å². The van der Waals surface area contributed by atoms with E-state index in [2.05, 4.69) is 34.1 Å². The van der Waals surface area contributed by atoms with E-state index in [1.807, 2.05) is 24.3 Å². The minimum atomic E-state index is -0.137. The molecule has 4 rings (SSSR count). The van der Waals surface area contributed by atoms with Crippen molar-refractivity contribution in [3.8, 4) is 5.75 Å². The number of ether oxygens (including phenoxy) is 1. The molecule has 0 amide bonds. The molecule has 0 aliphatic carbocycles. The van der Waals surface area contributed by atoms with E-state index in [0.717, 1.165) is 43.9 Å². The van der Waals surface area contributed by atoms with E-state index in [4.69, 9.17) is 4.74 Å². The van der Waals surface area contributed by atoms with Gasteiger partial charge in [0.1, 0.15) is 11.6 Å². The van der Waals surface area contributed by atoms with E-state index in [9.17, 15) is 4.39 Å². The van der Waals surface area contributed by atoms with Crippen molar-refractivity contribution >= 4 is 16.5 Å². The number of hydrogen-bond donors (Lipinski definition) is 0. The third kappa shape index (κ3) is 3.25. The summed E-state index contributed by atoms with van der Waals surface area (Å²) in [4.78, 5) is 4.57. The van der Waals surface area contributed by atoms with Gasteiger partial charge < -0.3 is 9.64 Å². The van der Waals surface area contributed by atoms with Gasteiger partial charge in [0.15, 0.2) is 0 Å². The van der Waals surface area contributed by atoms with Crippen LogP contribution >= 0.6 is 0 Å². The van der Waals surface area contributed by atoms with Crippen LogP contribution in [0.15, 0.2) is 60.7 Å². The first-order chi connectivity index (χ1) is 12.8. The smallest absolute Gasteiger partial charge is 0.146 e. The van der Waals surface area contributed by atoms with E-state index in [0.29, 0.717) is 5.69 Å². The summed E-state index contributed by atoms with van der Waals surface area (Å²) in [6.45, 7) is 4.43.